The maximum Gasteiger partial charge on any atom is 0.225 e. The molecule has 0 aromatic rings. The Bertz CT molecular complexity index is 360. The highest BCUT2D eigenvalue weighted by Crippen LogP contribution is 2.50. The molecule has 1 aliphatic heterocycles. The van der Waals surface area contributed by atoms with E-state index in [1.165, 1.54) is 32.1 Å². The summed E-state index contributed by atoms with van der Waals surface area (Å²) in [5.74, 6) is 2.36. The molecule has 0 radical (unpaired) electrons. The third-order valence-corrected chi connectivity index (χ3v) is 5.87. The third kappa shape index (κ3) is 4.02. The molecule has 2 aliphatic carbocycles. The first kappa shape index (κ1) is 16.3. The van der Waals surface area contributed by atoms with Gasteiger partial charge < -0.3 is 15.4 Å². The molecule has 4 nitrogen and oxygen atoms in total. The molecule has 0 spiro atoms. The summed E-state index contributed by atoms with van der Waals surface area (Å²) in [5, 5.41) is 0. The van der Waals surface area contributed by atoms with E-state index >= 15 is 0 Å². The fourth-order valence-corrected chi connectivity index (χ4v) is 4.39. The van der Waals surface area contributed by atoms with Gasteiger partial charge in [-0.2, -0.15) is 0 Å². The quantitative estimate of drug-likeness (QED) is 0.767. The summed E-state index contributed by atoms with van der Waals surface area (Å²) in [6.45, 7) is 3.24. The molecule has 0 aromatic carbocycles. The van der Waals surface area contributed by atoms with Gasteiger partial charge in [-0.25, -0.2) is 0 Å². The largest absolute Gasteiger partial charge is 0.378 e. The summed E-state index contributed by atoms with van der Waals surface area (Å²) < 4.78 is 5.83. The summed E-state index contributed by atoms with van der Waals surface area (Å²) in [4.78, 5) is 14.8. The monoisotopic (exact) mass is 308 g/mol. The number of carbonyl (C=O) groups is 1. The molecular weight excluding hydrogens is 276 g/mol. The summed E-state index contributed by atoms with van der Waals surface area (Å²) in [6.07, 6.45) is 11.3. The van der Waals surface area contributed by atoms with Gasteiger partial charge in [0.25, 0.3) is 0 Å². The zero-order valence-electron chi connectivity index (χ0n) is 13.8. The molecule has 0 aromatic heterocycles. The summed E-state index contributed by atoms with van der Waals surface area (Å²) in [6, 6.07) is 0. The molecule has 1 saturated heterocycles. The number of likely N-dealkylation sites (tertiary alicyclic amines) is 1. The first-order valence-corrected chi connectivity index (χ1v) is 9.40. The molecule has 1 amide bonds. The number of hydrogen-bond donors (Lipinski definition) is 1. The van der Waals surface area contributed by atoms with Gasteiger partial charge in [0.15, 0.2) is 0 Å². The number of hydrogen-bond acceptors (Lipinski definition) is 3. The lowest BCUT2D eigenvalue weighted by atomic mass is 9.85. The second-order valence-electron chi connectivity index (χ2n) is 7.44. The Morgan fingerprint density at radius 2 is 1.82 bits per heavy atom. The Balaban J connectivity index is 1.37. The predicted octanol–water partition coefficient (Wildman–Crippen LogP) is 2.56. The van der Waals surface area contributed by atoms with Crippen LogP contribution in [0.1, 0.15) is 57.8 Å². The minimum Gasteiger partial charge on any atom is -0.378 e. The summed E-state index contributed by atoms with van der Waals surface area (Å²) >= 11 is 0. The van der Waals surface area contributed by atoms with Crippen molar-refractivity contribution in [2.24, 2.45) is 23.5 Å². The van der Waals surface area contributed by atoms with Crippen molar-refractivity contribution in [3.05, 3.63) is 0 Å². The van der Waals surface area contributed by atoms with Gasteiger partial charge in [0.2, 0.25) is 5.91 Å². The Morgan fingerprint density at radius 3 is 2.50 bits per heavy atom. The van der Waals surface area contributed by atoms with Gasteiger partial charge in [-0.3, -0.25) is 4.79 Å². The van der Waals surface area contributed by atoms with Crippen molar-refractivity contribution in [1.29, 1.82) is 0 Å². The van der Waals surface area contributed by atoms with Crippen LogP contribution in [0.4, 0.5) is 0 Å². The second kappa shape index (κ2) is 7.78. The minimum atomic E-state index is 0.337. The molecular formula is C18H32N2O2. The number of carbonyl (C=O) groups excluding carboxylic acids is 1. The van der Waals surface area contributed by atoms with Crippen LogP contribution in [-0.4, -0.2) is 43.2 Å². The summed E-state index contributed by atoms with van der Waals surface area (Å²) in [7, 11) is 0. The van der Waals surface area contributed by atoms with Crippen LogP contribution in [0.3, 0.4) is 0 Å². The van der Waals surface area contributed by atoms with E-state index in [9.17, 15) is 4.79 Å². The standard InChI is InChI=1S/C18H32N2O2/c19-9-4-12-22-15-7-10-20(11-8-15)18(21)17-13-16(17)14-5-2-1-3-6-14/h14-17H,1-13,19H2/t16-,17-/m0/s1. The molecule has 126 valence electrons. The van der Waals surface area contributed by atoms with E-state index in [0.29, 0.717) is 30.4 Å². The highest BCUT2D eigenvalue weighted by molar-refractivity contribution is 5.81. The van der Waals surface area contributed by atoms with Gasteiger partial charge in [-0.05, 0) is 44.1 Å². The van der Waals surface area contributed by atoms with Crippen LogP contribution in [0.2, 0.25) is 0 Å². The zero-order valence-corrected chi connectivity index (χ0v) is 13.8. The van der Waals surface area contributed by atoms with Crippen LogP contribution >= 0.6 is 0 Å². The highest BCUT2D eigenvalue weighted by Gasteiger charge is 2.49. The first-order chi connectivity index (χ1) is 10.8. The lowest BCUT2D eigenvalue weighted by molar-refractivity contribution is -0.135. The molecule has 0 unspecified atom stereocenters. The molecule has 2 N–H and O–H groups in total. The van der Waals surface area contributed by atoms with Crippen molar-refractivity contribution in [2.45, 2.75) is 63.9 Å². The molecule has 3 aliphatic rings. The molecule has 22 heavy (non-hydrogen) atoms. The van der Waals surface area contributed by atoms with Crippen LogP contribution < -0.4 is 5.73 Å². The predicted molar refractivity (Wildman–Crippen MR) is 87.4 cm³/mol. The molecule has 2 atom stereocenters. The van der Waals surface area contributed by atoms with E-state index in [1.54, 1.807) is 0 Å². The van der Waals surface area contributed by atoms with Crippen LogP contribution in [0.15, 0.2) is 0 Å². The normalized spacial score (nSPS) is 30.5. The molecule has 0 bridgehead atoms. The number of piperidine rings is 1. The fourth-order valence-electron chi connectivity index (χ4n) is 4.39. The number of nitrogens with zero attached hydrogens (tertiary/aromatic N) is 1. The van der Waals surface area contributed by atoms with E-state index in [0.717, 1.165) is 51.3 Å². The van der Waals surface area contributed by atoms with Crippen molar-refractivity contribution in [2.75, 3.05) is 26.2 Å². The van der Waals surface area contributed by atoms with Crippen LogP contribution in [0.5, 0.6) is 0 Å². The van der Waals surface area contributed by atoms with Gasteiger partial charge in [0.1, 0.15) is 0 Å². The Labute approximate surface area is 134 Å². The van der Waals surface area contributed by atoms with Crippen LogP contribution in [-0.2, 0) is 9.53 Å². The third-order valence-electron chi connectivity index (χ3n) is 5.87. The van der Waals surface area contributed by atoms with Crippen molar-refractivity contribution in [3.63, 3.8) is 0 Å². The molecule has 3 rings (SSSR count). The lowest BCUT2D eigenvalue weighted by Crippen LogP contribution is -2.42. The number of ether oxygens (including phenoxy) is 1. The number of rotatable bonds is 6. The van der Waals surface area contributed by atoms with E-state index in [2.05, 4.69) is 4.90 Å². The average Bonchev–Trinajstić information content (AvgIpc) is 3.37. The fraction of sp³-hybridized carbons (Fsp3) is 0.944. The average molecular weight is 308 g/mol. The molecule has 3 fully saturated rings. The SMILES string of the molecule is NCCCOC1CCN(C(=O)[C@H]2C[C@H]2C2CCCCC2)CC1. The highest BCUT2D eigenvalue weighted by atomic mass is 16.5. The minimum absolute atomic E-state index is 0.337. The van der Waals surface area contributed by atoms with E-state index < -0.39 is 0 Å². The smallest absolute Gasteiger partial charge is 0.225 e. The van der Waals surface area contributed by atoms with Gasteiger partial charge >= 0.3 is 0 Å². The lowest BCUT2D eigenvalue weighted by Gasteiger charge is -2.32. The first-order valence-electron chi connectivity index (χ1n) is 9.40. The number of amides is 1. The molecule has 2 saturated carbocycles. The zero-order chi connectivity index (χ0) is 15.4. The maximum absolute atomic E-state index is 12.6. The van der Waals surface area contributed by atoms with E-state index in [1.807, 2.05) is 0 Å². The van der Waals surface area contributed by atoms with Crippen molar-refractivity contribution in [1.82, 2.24) is 4.90 Å². The van der Waals surface area contributed by atoms with Crippen molar-refractivity contribution in [3.8, 4) is 0 Å². The van der Waals surface area contributed by atoms with E-state index in [-0.39, 0.29) is 0 Å². The Morgan fingerprint density at radius 1 is 1.09 bits per heavy atom. The number of nitrogens with two attached hydrogens (primary N) is 1. The second-order valence-corrected chi connectivity index (χ2v) is 7.44. The molecule has 1 heterocycles. The topological polar surface area (TPSA) is 55.6 Å². The van der Waals surface area contributed by atoms with Gasteiger partial charge in [-0.15, -0.1) is 0 Å². The Hall–Kier alpha value is -0.610. The maximum atomic E-state index is 12.6. The summed E-state index contributed by atoms with van der Waals surface area (Å²) in [5.41, 5.74) is 5.49. The molecule has 4 heteroatoms. The van der Waals surface area contributed by atoms with Crippen LogP contribution in [0, 0.1) is 17.8 Å². The van der Waals surface area contributed by atoms with Crippen molar-refractivity contribution >= 4 is 5.91 Å². The van der Waals surface area contributed by atoms with Crippen LogP contribution in [0.25, 0.3) is 0 Å². The van der Waals surface area contributed by atoms with Gasteiger partial charge in [0, 0.05) is 25.6 Å². The Kier molecular flexibility index (Phi) is 5.75. The van der Waals surface area contributed by atoms with E-state index in [4.69, 9.17) is 10.5 Å². The van der Waals surface area contributed by atoms with Gasteiger partial charge in [0.05, 0.1) is 6.10 Å². The van der Waals surface area contributed by atoms with Gasteiger partial charge in [-0.1, -0.05) is 32.1 Å². The van der Waals surface area contributed by atoms with Crippen molar-refractivity contribution < 1.29 is 9.53 Å².